The van der Waals surface area contributed by atoms with Crippen molar-refractivity contribution in [2.75, 3.05) is 13.1 Å². The Morgan fingerprint density at radius 1 is 1.03 bits per heavy atom. The van der Waals surface area contributed by atoms with Crippen molar-refractivity contribution >= 4 is 16.7 Å². The Morgan fingerprint density at radius 3 is 2.68 bits per heavy atom. The summed E-state index contributed by atoms with van der Waals surface area (Å²) in [5, 5.41) is 4.62. The quantitative estimate of drug-likeness (QED) is 0.517. The molecular formula is C24H24N6O. The highest BCUT2D eigenvalue weighted by atomic mass is 16.1. The maximum Gasteiger partial charge on any atom is 0.258 e. The third-order valence-corrected chi connectivity index (χ3v) is 6.36. The van der Waals surface area contributed by atoms with E-state index in [0.29, 0.717) is 17.0 Å². The number of rotatable bonds is 3. The molecule has 0 unspecified atom stereocenters. The fourth-order valence-corrected chi connectivity index (χ4v) is 4.56. The van der Waals surface area contributed by atoms with E-state index in [-0.39, 0.29) is 5.56 Å². The summed E-state index contributed by atoms with van der Waals surface area (Å²) in [4.78, 5) is 24.7. The number of aromatic nitrogens is 5. The third kappa shape index (κ3) is 3.25. The Bertz CT molecular complexity index is 1430. The van der Waals surface area contributed by atoms with Crippen LogP contribution in [0.15, 0.2) is 47.5 Å². The lowest BCUT2D eigenvalue weighted by molar-refractivity contribution is 0.291. The van der Waals surface area contributed by atoms with Crippen LogP contribution in [0.2, 0.25) is 0 Å². The standard InChI is InChI=1S/C24H24N6O/c1-15-13-30-22(16(2)25-15)11-21(27-30)20-12-24(31)29-14-18(3-6-23(29)26-20)17-7-9-28(10-8-17)19-4-5-19/h3,6-7,11-14,19H,4-5,8-10H2,1-2H3. The SMILES string of the molecule is Cc1cn2nc(-c3cc(=O)n4cc(C5=CCN(C6CC6)CC5)ccc4n3)cc2c(C)n1. The van der Waals surface area contributed by atoms with Crippen LogP contribution in [0.3, 0.4) is 0 Å². The first-order valence-electron chi connectivity index (χ1n) is 10.9. The Balaban J connectivity index is 1.37. The van der Waals surface area contributed by atoms with Gasteiger partial charge < -0.3 is 0 Å². The van der Waals surface area contributed by atoms with Gasteiger partial charge in [-0.2, -0.15) is 5.10 Å². The second-order valence-corrected chi connectivity index (χ2v) is 8.66. The van der Waals surface area contributed by atoms with Gasteiger partial charge in [0.1, 0.15) is 11.3 Å². The smallest absolute Gasteiger partial charge is 0.258 e. The highest BCUT2D eigenvalue weighted by molar-refractivity contribution is 5.69. The van der Waals surface area contributed by atoms with Crippen LogP contribution in [0.5, 0.6) is 0 Å². The molecule has 4 aromatic heterocycles. The lowest BCUT2D eigenvalue weighted by Crippen LogP contribution is -2.30. The minimum Gasteiger partial charge on any atom is -0.296 e. The number of aryl methyl sites for hydroxylation is 2. The topological polar surface area (TPSA) is 67.8 Å². The molecule has 31 heavy (non-hydrogen) atoms. The molecule has 7 nitrogen and oxygen atoms in total. The Hall–Kier alpha value is -3.32. The van der Waals surface area contributed by atoms with Crippen molar-refractivity contribution in [3.8, 4) is 11.4 Å². The van der Waals surface area contributed by atoms with E-state index < -0.39 is 0 Å². The minimum atomic E-state index is -0.0963. The monoisotopic (exact) mass is 412 g/mol. The number of hydrogen-bond donors (Lipinski definition) is 0. The van der Waals surface area contributed by atoms with E-state index in [1.165, 1.54) is 18.4 Å². The Labute approximate surface area is 179 Å². The lowest BCUT2D eigenvalue weighted by Gasteiger charge is -2.26. The van der Waals surface area contributed by atoms with Crippen molar-refractivity contribution < 1.29 is 0 Å². The number of hydrogen-bond acceptors (Lipinski definition) is 5. The zero-order chi connectivity index (χ0) is 21.1. The van der Waals surface area contributed by atoms with Gasteiger partial charge in [-0.25, -0.2) is 9.50 Å². The summed E-state index contributed by atoms with van der Waals surface area (Å²) in [5.41, 5.74) is 6.93. The van der Waals surface area contributed by atoms with E-state index in [1.807, 2.05) is 38.4 Å². The molecule has 1 aliphatic carbocycles. The van der Waals surface area contributed by atoms with Gasteiger partial charge >= 0.3 is 0 Å². The molecule has 1 fully saturated rings. The summed E-state index contributed by atoms with van der Waals surface area (Å²) in [7, 11) is 0. The number of fused-ring (bicyclic) bond motifs is 2. The largest absolute Gasteiger partial charge is 0.296 e. The average molecular weight is 412 g/mol. The molecule has 0 spiro atoms. The van der Waals surface area contributed by atoms with Crippen LogP contribution < -0.4 is 5.56 Å². The average Bonchev–Trinajstić information content (AvgIpc) is 3.52. The molecule has 1 aliphatic heterocycles. The molecule has 0 atom stereocenters. The van der Waals surface area contributed by atoms with Crippen LogP contribution in [0.25, 0.3) is 28.1 Å². The number of pyridine rings is 1. The van der Waals surface area contributed by atoms with E-state index >= 15 is 0 Å². The predicted molar refractivity (Wildman–Crippen MR) is 120 cm³/mol. The first kappa shape index (κ1) is 18.4. The molecule has 0 saturated heterocycles. The summed E-state index contributed by atoms with van der Waals surface area (Å²) in [6.45, 7) is 6.01. The van der Waals surface area contributed by atoms with Crippen LogP contribution in [0.1, 0.15) is 36.2 Å². The van der Waals surface area contributed by atoms with Gasteiger partial charge in [0.05, 0.1) is 28.8 Å². The van der Waals surface area contributed by atoms with Gasteiger partial charge in [-0.15, -0.1) is 0 Å². The van der Waals surface area contributed by atoms with E-state index in [9.17, 15) is 4.79 Å². The van der Waals surface area contributed by atoms with Crippen molar-refractivity contribution in [2.45, 2.75) is 39.2 Å². The lowest BCUT2D eigenvalue weighted by atomic mass is 10.0. The third-order valence-electron chi connectivity index (χ3n) is 6.36. The van der Waals surface area contributed by atoms with Crippen molar-refractivity contribution in [1.29, 1.82) is 0 Å². The van der Waals surface area contributed by atoms with Gasteiger partial charge in [-0.05, 0) is 62.4 Å². The highest BCUT2D eigenvalue weighted by Crippen LogP contribution is 2.31. The van der Waals surface area contributed by atoms with Gasteiger partial charge in [0.25, 0.3) is 5.56 Å². The zero-order valence-corrected chi connectivity index (χ0v) is 17.7. The van der Waals surface area contributed by atoms with Gasteiger partial charge in [0, 0.05) is 31.4 Å². The van der Waals surface area contributed by atoms with E-state index in [4.69, 9.17) is 4.98 Å². The predicted octanol–water partition coefficient (Wildman–Crippen LogP) is 3.27. The van der Waals surface area contributed by atoms with Crippen LogP contribution in [-0.4, -0.2) is 48.0 Å². The van der Waals surface area contributed by atoms with Crippen molar-refractivity contribution in [3.05, 3.63) is 70.0 Å². The zero-order valence-electron chi connectivity index (χ0n) is 17.7. The molecule has 156 valence electrons. The molecule has 7 heteroatoms. The summed E-state index contributed by atoms with van der Waals surface area (Å²) >= 11 is 0. The Kier molecular flexibility index (Phi) is 4.08. The molecular weight excluding hydrogens is 388 g/mol. The first-order chi connectivity index (χ1) is 15.0. The second kappa shape index (κ2) is 6.85. The molecule has 1 saturated carbocycles. The van der Waals surface area contributed by atoms with Crippen molar-refractivity contribution in [1.82, 2.24) is 28.9 Å². The van der Waals surface area contributed by atoms with E-state index in [1.54, 1.807) is 15.0 Å². The van der Waals surface area contributed by atoms with Crippen LogP contribution in [0.4, 0.5) is 0 Å². The molecule has 0 aromatic carbocycles. The normalized spacial score (nSPS) is 17.4. The molecule has 0 radical (unpaired) electrons. The highest BCUT2D eigenvalue weighted by Gasteiger charge is 2.29. The van der Waals surface area contributed by atoms with Crippen LogP contribution >= 0.6 is 0 Å². The summed E-state index contributed by atoms with van der Waals surface area (Å²) < 4.78 is 3.44. The fraction of sp³-hybridized carbons (Fsp3) is 0.333. The first-order valence-corrected chi connectivity index (χ1v) is 10.9. The molecule has 4 aromatic rings. The molecule has 5 heterocycles. The van der Waals surface area contributed by atoms with Crippen LogP contribution in [-0.2, 0) is 0 Å². The Morgan fingerprint density at radius 2 is 1.90 bits per heavy atom. The summed E-state index contributed by atoms with van der Waals surface area (Å²) in [6.07, 6.45) is 9.82. The van der Waals surface area contributed by atoms with E-state index in [0.717, 1.165) is 48.0 Å². The number of nitrogens with zero attached hydrogens (tertiary/aromatic N) is 6. The van der Waals surface area contributed by atoms with Gasteiger partial charge in [-0.1, -0.05) is 6.08 Å². The van der Waals surface area contributed by atoms with E-state index in [2.05, 4.69) is 27.1 Å². The van der Waals surface area contributed by atoms with Crippen molar-refractivity contribution in [3.63, 3.8) is 0 Å². The molecule has 0 bridgehead atoms. The van der Waals surface area contributed by atoms with Gasteiger partial charge in [0.2, 0.25) is 0 Å². The summed E-state index contributed by atoms with van der Waals surface area (Å²) in [6, 6.07) is 8.31. The van der Waals surface area contributed by atoms with Gasteiger partial charge in [0.15, 0.2) is 0 Å². The molecule has 0 amide bonds. The summed E-state index contributed by atoms with van der Waals surface area (Å²) in [5.74, 6) is 0. The molecule has 6 rings (SSSR count). The minimum absolute atomic E-state index is 0.0963. The molecule has 2 aliphatic rings. The van der Waals surface area contributed by atoms with Gasteiger partial charge in [-0.3, -0.25) is 19.1 Å². The maximum absolute atomic E-state index is 12.9. The second-order valence-electron chi connectivity index (χ2n) is 8.66. The maximum atomic E-state index is 12.9. The fourth-order valence-electron chi connectivity index (χ4n) is 4.56. The van der Waals surface area contributed by atoms with Crippen LogP contribution in [0, 0.1) is 13.8 Å². The molecule has 0 N–H and O–H groups in total. The van der Waals surface area contributed by atoms with Crippen molar-refractivity contribution in [2.24, 2.45) is 0 Å².